The van der Waals surface area contributed by atoms with E-state index in [0.29, 0.717) is 23.6 Å². The Morgan fingerprint density at radius 3 is 2.41 bits per heavy atom. The van der Waals surface area contributed by atoms with Crippen LogP contribution in [0.5, 0.6) is 5.75 Å². The number of carbonyl (C=O) groups excluding carboxylic acids is 1. The maximum Gasteiger partial charge on any atom is 0.278 e. The van der Waals surface area contributed by atoms with Gasteiger partial charge < -0.3 is 14.6 Å². The summed E-state index contributed by atoms with van der Waals surface area (Å²) in [7, 11) is 0. The van der Waals surface area contributed by atoms with Crippen molar-refractivity contribution < 1.29 is 14.1 Å². The molecule has 2 heterocycles. The second-order valence-electron chi connectivity index (χ2n) is 8.36. The number of halogens is 1. The molecule has 0 unspecified atom stereocenters. The van der Waals surface area contributed by atoms with Crippen molar-refractivity contribution in [3.63, 3.8) is 0 Å². The van der Waals surface area contributed by atoms with Gasteiger partial charge in [0.15, 0.2) is 5.69 Å². The smallest absolute Gasteiger partial charge is 0.278 e. The van der Waals surface area contributed by atoms with Crippen LogP contribution in [0.2, 0.25) is 0 Å². The zero-order chi connectivity index (χ0) is 24.4. The van der Waals surface area contributed by atoms with Crippen LogP contribution in [0.3, 0.4) is 0 Å². The van der Waals surface area contributed by atoms with Gasteiger partial charge in [0.2, 0.25) is 0 Å². The van der Waals surface area contributed by atoms with E-state index in [2.05, 4.69) is 31.5 Å². The Bertz CT molecular complexity index is 1320. The summed E-state index contributed by atoms with van der Waals surface area (Å²) in [4.78, 5) is 13.2. The Hall–Kier alpha value is -3.39. The van der Waals surface area contributed by atoms with E-state index in [1.54, 1.807) is 6.92 Å². The van der Waals surface area contributed by atoms with Crippen molar-refractivity contribution in [1.82, 2.24) is 14.9 Å². The number of para-hydroxylation sites is 1. The van der Waals surface area contributed by atoms with Crippen molar-refractivity contribution in [2.75, 3.05) is 5.32 Å². The van der Waals surface area contributed by atoms with Crippen LogP contribution in [0.25, 0.3) is 0 Å². The van der Waals surface area contributed by atoms with Crippen LogP contribution in [0.4, 0.5) is 5.69 Å². The van der Waals surface area contributed by atoms with Gasteiger partial charge >= 0.3 is 0 Å². The topological polar surface area (TPSA) is 82.2 Å². The largest absolute Gasteiger partial charge is 0.488 e. The Labute approximate surface area is 207 Å². The summed E-state index contributed by atoms with van der Waals surface area (Å²) >= 11 is 3.46. The number of benzene rings is 2. The summed E-state index contributed by atoms with van der Waals surface area (Å²) in [5, 5.41) is 11.6. The summed E-state index contributed by atoms with van der Waals surface area (Å²) in [6.07, 6.45) is 0. The van der Waals surface area contributed by atoms with E-state index < -0.39 is 0 Å². The van der Waals surface area contributed by atoms with Gasteiger partial charge in [-0.25, -0.2) is 0 Å². The van der Waals surface area contributed by atoms with E-state index in [0.717, 1.165) is 38.3 Å². The van der Waals surface area contributed by atoms with E-state index in [1.165, 1.54) is 0 Å². The second-order valence-corrected chi connectivity index (χ2v) is 9.28. The Balaban J connectivity index is 1.52. The fourth-order valence-electron chi connectivity index (χ4n) is 3.88. The highest BCUT2D eigenvalue weighted by molar-refractivity contribution is 9.10. The third-order valence-corrected chi connectivity index (χ3v) is 6.36. The van der Waals surface area contributed by atoms with E-state index in [1.807, 2.05) is 74.8 Å². The number of carbonyl (C=O) groups is 1. The first-order chi connectivity index (χ1) is 16.2. The molecule has 7 nitrogen and oxygen atoms in total. The fourth-order valence-corrected chi connectivity index (χ4v) is 4.14. The minimum atomic E-state index is -0.355. The zero-order valence-electron chi connectivity index (χ0n) is 19.9. The molecule has 0 saturated carbocycles. The Morgan fingerprint density at radius 1 is 1.06 bits per heavy atom. The average Bonchev–Trinajstić information content (AvgIpc) is 3.29. The number of amides is 1. The first-order valence-electron chi connectivity index (χ1n) is 11.0. The van der Waals surface area contributed by atoms with Gasteiger partial charge in [0.25, 0.3) is 5.91 Å². The average molecular weight is 523 g/mol. The van der Waals surface area contributed by atoms with Gasteiger partial charge in [-0.05, 0) is 63.4 Å². The van der Waals surface area contributed by atoms with Gasteiger partial charge in [0.05, 0.1) is 29.2 Å². The maximum absolute atomic E-state index is 13.2. The summed E-state index contributed by atoms with van der Waals surface area (Å²) < 4.78 is 14.3. The molecule has 0 aliphatic rings. The van der Waals surface area contributed by atoms with Crippen molar-refractivity contribution >= 4 is 27.5 Å². The molecule has 0 aliphatic carbocycles. The van der Waals surface area contributed by atoms with Crippen molar-refractivity contribution in [2.45, 2.75) is 47.8 Å². The standard InChI is InChI=1S/C26H27BrN4O3/c1-15-7-6-8-16(2)25(15)33-14-22-19(5)34-30-24(22)26(32)28-23-17(3)29-31(18(23)4)13-20-9-11-21(27)12-10-20/h6-12H,13-14H2,1-5H3,(H,28,32). The molecule has 2 aromatic carbocycles. The summed E-state index contributed by atoms with van der Waals surface area (Å²) in [5.41, 5.74) is 6.28. The van der Waals surface area contributed by atoms with Crippen LogP contribution in [0.15, 0.2) is 51.5 Å². The van der Waals surface area contributed by atoms with Gasteiger partial charge in [0, 0.05) is 4.47 Å². The first kappa shape index (κ1) is 23.8. The molecule has 8 heteroatoms. The molecular weight excluding hydrogens is 496 g/mol. The van der Waals surface area contributed by atoms with Crippen LogP contribution in [0, 0.1) is 34.6 Å². The lowest BCUT2D eigenvalue weighted by Gasteiger charge is -2.12. The maximum atomic E-state index is 13.2. The number of hydrogen-bond donors (Lipinski definition) is 1. The highest BCUT2D eigenvalue weighted by Gasteiger charge is 2.23. The summed E-state index contributed by atoms with van der Waals surface area (Å²) in [6, 6.07) is 14.1. The molecule has 2 aromatic heterocycles. The lowest BCUT2D eigenvalue weighted by molar-refractivity contribution is 0.101. The van der Waals surface area contributed by atoms with Gasteiger partial charge in [-0.1, -0.05) is 51.4 Å². The fraction of sp³-hybridized carbons (Fsp3) is 0.269. The number of hydrogen-bond acceptors (Lipinski definition) is 5. The van der Waals surface area contributed by atoms with Gasteiger partial charge in [0.1, 0.15) is 18.1 Å². The van der Waals surface area contributed by atoms with E-state index in [-0.39, 0.29) is 18.2 Å². The monoisotopic (exact) mass is 522 g/mol. The molecule has 176 valence electrons. The molecule has 1 N–H and O–H groups in total. The quantitative estimate of drug-likeness (QED) is 0.319. The van der Waals surface area contributed by atoms with Crippen LogP contribution in [-0.4, -0.2) is 20.8 Å². The molecule has 4 rings (SSSR count). The molecule has 0 aliphatic heterocycles. The number of aromatic nitrogens is 3. The predicted octanol–water partition coefficient (Wildman–Crippen LogP) is 6.06. The van der Waals surface area contributed by atoms with E-state index in [4.69, 9.17) is 9.26 Å². The Kier molecular flexibility index (Phi) is 6.88. The highest BCUT2D eigenvalue weighted by atomic mass is 79.9. The van der Waals surface area contributed by atoms with Crippen LogP contribution < -0.4 is 10.1 Å². The molecule has 0 radical (unpaired) electrons. The van der Waals surface area contributed by atoms with Crippen molar-refractivity contribution in [1.29, 1.82) is 0 Å². The molecule has 0 atom stereocenters. The molecule has 34 heavy (non-hydrogen) atoms. The van der Waals surface area contributed by atoms with Crippen LogP contribution >= 0.6 is 15.9 Å². The third-order valence-electron chi connectivity index (χ3n) is 5.83. The Morgan fingerprint density at radius 2 is 1.74 bits per heavy atom. The third kappa shape index (κ3) is 4.92. The molecule has 0 spiro atoms. The van der Waals surface area contributed by atoms with Crippen molar-refractivity contribution in [2.24, 2.45) is 0 Å². The summed E-state index contributed by atoms with van der Waals surface area (Å²) in [5.74, 6) is 0.998. The van der Waals surface area contributed by atoms with Gasteiger partial charge in [-0.15, -0.1) is 0 Å². The first-order valence-corrected chi connectivity index (χ1v) is 11.8. The molecule has 4 aromatic rings. The molecular formula is C26H27BrN4O3. The summed E-state index contributed by atoms with van der Waals surface area (Å²) in [6.45, 7) is 10.4. The number of aryl methyl sites for hydroxylation is 4. The number of nitrogens with zero attached hydrogens (tertiary/aromatic N) is 3. The van der Waals surface area contributed by atoms with Crippen molar-refractivity contribution in [3.8, 4) is 5.75 Å². The number of ether oxygens (including phenoxy) is 1. The predicted molar refractivity (Wildman–Crippen MR) is 134 cm³/mol. The molecule has 1 amide bonds. The second kappa shape index (κ2) is 9.85. The van der Waals surface area contributed by atoms with Crippen LogP contribution in [0.1, 0.15) is 49.9 Å². The highest BCUT2D eigenvalue weighted by Crippen LogP contribution is 2.26. The normalized spacial score (nSPS) is 11.0. The number of nitrogens with one attached hydrogen (secondary N) is 1. The minimum absolute atomic E-state index is 0.185. The van der Waals surface area contributed by atoms with E-state index in [9.17, 15) is 4.79 Å². The van der Waals surface area contributed by atoms with Crippen LogP contribution in [-0.2, 0) is 13.2 Å². The minimum Gasteiger partial charge on any atom is -0.488 e. The SMILES string of the molecule is Cc1cccc(C)c1OCc1c(C(=O)Nc2c(C)nn(Cc3ccc(Br)cc3)c2C)noc1C. The molecule has 0 bridgehead atoms. The van der Waals surface area contributed by atoms with Crippen molar-refractivity contribution in [3.05, 3.63) is 92.0 Å². The number of rotatable bonds is 7. The zero-order valence-corrected chi connectivity index (χ0v) is 21.5. The van der Waals surface area contributed by atoms with E-state index >= 15 is 0 Å². The van der Waals surface area contributed by atoms with Gasteiger partial charge in [-0.3, -0.25) is 9.48 Å². The van der Waals surface area contributed by atoms with Gasteiger partial charge in [-0.2, -0.15) is 5.10 Å². The number of anilines is 1. The lowest BCUT2D eigenvalue weighted by atomic mass is 10.1. The molecule has 0 saturated heterocycles. The molecule has 0 fully saturated rings. The lowest BCUT2D eigenvalue weighted by Crippen LogP contribution is -2.16.